The molecule has 1 heterocycles. The summed E-state index contributed by atoms with van der Waals surface area (Å²) in [5.74, 6) is 0.922. The summed E-state index contributed by atoms with van der Waals surface area (Å²) in [5.41, 5.74) is 1.41. The maximum Gasteiger partial charge on any atom is 0.251 e. The predicted octanol–water partition coefficient (Wildman–Crippen LogP) is 3.77. The van der Waals surface area contributed by atoms with Crippen molar-refractivity contribution in [3.05, 3.63) is 58.6 Å². The average Bonchev–Trinajstić information content (AvgIpc) is 2.78. The largest absolute Gasteiger partial charge is 0.493 e. The van der Waals surface area contributed by atoms with Gasteiger partial charge in [0.05, 0.1) is 20.3 Å². The second-order valence-corrected chi connectivity index (χ2v) is 7.80. The second-order valence-electron chi connectivity index (χ2n) is 7.40. The zero-order valence-electron chi connectivity index (χ0n) is 17.7. The number of hydrogen-bond donors (Lipinski definition) is 1. The molecule has 0 radical (unpaired) electrons. The van der Waals surface area contributed by atoms with Gasteiger partial charge in [-0.3, -0.25) is 9.69 Å². The molecule has 3 rings (SSSR count). The molecule has 0 aliphatic carbocycles. The van der Waals surface area contributed by atoms with E-state index in [0.717, 1.165) is 31.9 Å². The minimum Gasteiger partial charge on any atom is -0.493 e. The molecule has 0 aromatic heterocycles. The summed E-state index contributed by atoms with van der Waals surface area (Å²) in [6, 6.07) is 12.9. The zero-order chi connectivity index (χ0) is 21.5. The maximum absolute atomic E-state index is 12.8. The quantitative estimate of drug-likeness (QED) is 0.688. The van der Waals surface area contributed by atoms with Crippen LogP contribution in [0, 0.1) is 0 Å². The molecule has 1 aliphatic rings. The maximum atomic E-state index is 12.8. The van der Waals surface area contributed by atoms with Gasteiger partial charge in [-0.2, -0.15) is 0 Å². The first-order valence-corrected chi connectivity index (χ1v) is 10.5. The van der Waals surface area contributed by atoms with Crippen LogP contribution < -0.4 is 14.8 Å². The van der Waals surface area contributed by atoms with Crippen LogP contribution in [0.3, 0.4) is 0 Å². The van der Waals surface area contributed by atoms with Gasteiger partial charge in [0.1, 0.15) is 6.61 Å². The highest BCUT2D eigenvalue weighted by Crippen LogP contribution is 2.29. The molecule has 30 heavy (non-hydrogen) atoms. The van der Waals surface area contributed by atoms with Crippen LogP contribution >= 0.6 is 11.6 Å². The van der Waals surface area contributed by atoms with Crippen molar-refractivity contribution in [2.45, 2.75) is 32.5 Å². The van der Waals surface area contributed by atoms with Crippen molar-refractivity contribution >= 4 is 17.5 Å². The highest BCUT2D eigenvalue weighted by Gasteiger charge is 2.24. The monoisotopic (exact) mass is 432 g/mol. The van der Waals surface area contributed by atoms with Gasteiger partial charge in [-0.05, 0) is 38.1 Å². The predicted molar refractivity (Wildman–Crippen MR) is 118 cm³/mol. The van der Waals surface area contributed by atoms with Crippen LogP contribution in [0.4, 0.5) is 0 Å². The van der Waals surface area contributed by atoms with Crippen LogP contribution in [0.15, 0.2) is 42.5 Å². The number of rotatable bonds is 8. The van der Waals surface area contributed by atoms with E-state index >= 15 is 0 Å². The Morgan fingerprint density at radius 1 is 1.17 bits per heavy atom. The van der Waals surface area contributed by atoms with E-state index < -0.39 is 0 Å². The molecule has 2 atom stereocenters. The van der Waals surface area contributed by atoms with Gasteiger partial charge < -0.3 is 19.5 Å². The summed E-state index contributed by atoms with van der Waals surface area (Å²) in [4.78, 5) is 15.1. The average molecular weight is 433 g/mol. The summed E-state index contributed by atoms with van der Waals surface area (Å²) in [6.07, 6.45) is 0. The van der Waals surface area contributed by atoms with E-state index in [1.807, 2.05) is 31.2 Å². The fourth-order valence-electron chi connectivity index (χ4n) is 3.41. The van der Waals surface area contributed by atoms with Crippen molar-refractivity contribution in [2.75, 3.05) is 33.4 Å². The molecule has 1 aliphatic heterocycles. The summed E-state index contributed by atoms with van der Waals surface area (Å²) in [6.45, 7) is 7.70. The topological polar surface area (TPSA) is 60.0 Å². The Hall–Kier alpha value is -2.28. The van der Waals surface area contributed by atoms with Crippen molar-refractivity contribution in [1.82, 2.24) is 10.2 Å². The Bertz CT molecular complexity index is 855. The van der Waals surface area contributed by atoms with Gasteiger partial charge in [-0.25, -0.2) is 0 Å². The van der Waals surface area contributed by atoms with Gasteiger partial charge in [-0.15, -0.1) is 0 Å². The molecule has 1 saturated heterocycles. The Kier molecular flexibility index (Phi) is 7.96. The smallest absolute Gasteiger partial charge is 0.251 e. The molecule has 0 spiro atoms. The number of morpholine rings is 1. The van der Waals surface area contributed by atoms with E-state index in [9.17, 15) is 4.79 Å². The normalized spacial score (nSPS) is 16.5. The number of hydrogen-bond acceptors (Lipinski definition) is 5. The molecule has 6 nitrogen and oxygen atoms in total. The van der Waals surface area contributed by atoms with Crippen molar-refractivity contribution in [1.29, 1.82) is 0 Å². The number of halogens is 1. The Labute approximate surface area is 183 Å². The van der Waals surface area contributed by atoms with Crippen molar-refractivity contribution in [3.8, 4) is 11.5 Å². The van der Waals surface area contributed by atoms with Crippen molar-refractivity contribution in [2.24, 2.45) is 0 Å². The van der Waals surface area contributed by atoms with E-state index in [-0.39, 0.29) is 18.0 Å². The van der Waals surface area contributed by atoms with E-state index in [0.29, 0.717) is 28.7 Å². The number of carbonyl (C=O) groups is 1. The number of carbonyl (C=O) groups excluding carboxylic acids is 1. The Balaban J connectivity index is 1.63. The number of amides is 1. The van der Waals surface area contributed by atoms with Crippen molar-refractivity contribution < 1.29 is 19.0 Å². The molecule has 1 N–H and O–H groups in total. The first-order chi connectivity index (χ1) is 14.5. The van der Waals surface area contributed by atoms with E-state index in [1.165, 1.54) is 0 Å². The lowest BCUT2D eigenvalue weighted by atomic mass is 10.1. The Morgan fingerprint density at radius 2 is 1.90 bits per heavy atom. The molecular formula is C23H29ClN2O4. The van der Waals surface area contributed by atoms with Crippen LogP contribution in [-0.4, -0.2) is 56.3 Å². The van der Waals surface area contributed by atoms with Gasteiger partial charge in [0.15, 0.2) is 11.5 Å². The van der Waals surface area contributed by atoms with Gasteiger partial charge >= 0.3 is 0 Å². The number of methoxy groups -OCH3 is 1. The molecule has 1 fully saturated rings. The minimum atomic E-state index is -0.140. The Morgan fingerprint density at radius 3 is 2.60 bits per heavy atom. The summed E-state index contributed by atoms with van der Waals surface area (Å²) >= 11 is 6.19. The standard InChI is InChI=1S/C23H29ClN2O4/c1-16(17(2)26-10-12-29-13-11-26)25-23(27)18-8-9-21(22(14-18)28-3)30-15-19-6-4-5-7-20(19)24/h4-9,14,16-17H,10-13,15H2,1-3H3,(H,25,27). The van der Waals surface area contributed by atoms with E-state index in [1.54, 1.807) is 25.3 Å². The molecule has 7 heteroatoms. The second kappa shape index (κ2) is 10.7. The third-order valence-electron chi connectivity index (χ3n) is 5.47. The third-order valence-corrected chi connectivity index (χ3v) is 5.84. The fraction of sp³-hybridized carbons (Fsp3) is 0.435. The van der Waals surface area contributed by atoms with E-state index in [2.05, 4.69) is 17.1 Å². The number of benzene rings is 2. The summed E-state index contributed by atoms with van der Waals surface area (Å²) in [5, 5.41) is 3.74. The molecule has 0 bridgehead atoms. The molecule has 162 valence electrons. The zero-order valence-corrected chi connectivity index (χ0v) is 18.4. The van der Waals surface area contributed by atoms with Crippen LogP contribution in [-0.2, 0) is 11.3 Å². The van der Waals surface area contributed by atoms with Gasteiger partial charge in [0.25, 0.3) is 5.91 Å². The highest BCUT2D eigenvalue weighted by molar-refractivity contribution is 6.31. The number of nitrogens with zero attached hydrogens (tertiary/aromatic N) is 1. The lowest BCUT2D eigenvalue weighted by Gasteiger charge is -2.35. The first-order valence-electron chi connectivity index (χ1n) is 10.2. The molecule has 2 aromatic rings. The third kappa shape index (κ3) is 5.65. The SMILES string of the molecule is COc1cc(C(=O)NC(C)C(C)N2CCOCC2)ccc1OCc1ccccc1Cl. The lowest BCUT2D eigenvalue weighted by Crippen LogP contribution is -2.52. The first kappa shape index (κ1) is 22.4. The molecular weight excluding hydrogens is 404 g/mol. The van der Waals surface area contributed by atoms with Crippen LogP contribution in [0.25, 0.3) is 0 Å². The van der Waals surface area contributed by atoms with Crippen LogP contribution in [0.5, 0.6) is 11.5 Å². The molecule has 2 unspecified atom stereocenters. The summed E-state index contributed by atoms with van der Waals surface area (Å²) in [7, 11) is 1.56. The highest BCUT2D eigenvalue weighted by atomic mass is 35.5. The number of nitrogens with one attached hydrogen (secondary N) is 1. The molecule has 2 aromatic carbocycles. The van der Waals surface area contributed by atoms with Crippen LogP contribution in [0.1, 0.15) is 29.8 Å². The van der Waals surface area contributed by atoms with Crippen molar-refractivity contribution in [3.63, 3.8) is 0 Å². The summed E-state index contributed by atoms with van der Waals surface area (Å²) < 4.78 is 16.7. The van der Waals surface area contributed by atoms with E-state index in [4.69, 9.17) is 25.8 Å². The molecule has 1 amide bonds. The fourth-order valence-corrected chi connectivity index (χ4v) is 3.60. The number of ether oxygens (including phenoxy) is 3. The van der Waals surface area contributed by atoms with Gasteiger partial charge in [-0.1, -0.05) is 29.8 Å². The molecule has 0 saturated carbocycles. The van der Waals surface area contributed by atoms with Gasteiger partial charge in [0, 0.05) is 41.3 Å². The minimum absolute atomic E-state index is 0.00209. The van der Waals surface area contributed by atoms with Crippen LogP contribution in [0.2, 0.25) is 5.02 Å². The lowest BCUT2D eigenvalue weighted by molar-refractivity contribution is 0.0137. The van der Waals surface area contributed by atoms with Gasteiger partial charge in [0.2, 0.25) is 0 Å².